The van der Waals surface area contributed by atoms with Crippen LogP contribution in [0.25, 0.3) is 0 Å². The van der Waals surface area contributed by atoms with Crippen molar-refractivity contribution < 1.29 is 14.3 Å². The maximum atomic E-state index is 12.1. The molecule has 0 spiro atoms. The summed E-state index contributed by atoms with van der Waals surface area (Å²) in [6.45, 7) is 3.95. The molecule has 0 aromatic heterocycles. The second kappa shape index (κ2) is 8.68. The van der Waals surface area contributed by atoms with Crippen molar-refractivity contribution in [1.82, 2.24) is 9.80 Å². The Balaban J connectivity index is 1.79. The zero-order chi connectivity index (χ0) is 17.5. The van der Waals surface area contributed by atoms with E-state index in [4.69, 9.17) is 10.5 Å². The molecule has 1 aliphatic heterocycles. The minimum absolute atomic E-state index is 0.0194. The van der Waals surface area contributed by atoms with Crippen LogP contribution in [0.2, 0.25) is 0 Å². The highest BCUT2D eigenvalue weighted by atomic mass is 16.6. The second-order valence-corrected chi connectivity index (χ2v) is 6.50. The molecule has 1 heterocycles. The summed E-state index contributed by atoms with van der Waals surface area (Å²) in [5.41, 5.74) is 6.64. The van der Waals surface area contributed by atoms with E-state index in [-0.39, 0.29) is 24.5 Å². The number of carbonyl (C=O) groups excluding carboxylic acids is 2. The van der Waals surface area contributed by atoms with Crippen molar-refractivity contribution in [1.29, 1.82) is 0 Å². The van der Waals surface area contributed by atoms with Crippen molar-refractivity contribution in [3.05, 3.63) is 35.9 Å². The third kappa shape index (κ3) is 5.23. The summed E-state index contributed by atoms with van der Waals surface area (Å²) in [6.07, 6.45) is 1.60. The lowest BCUT2D eigenvalue weighted by Crippen LogP contribution is -2.48. The van der Waals surface area contributed by atoms with Gasteiger partial charge < -0.3 is 20.3 Å². The summed E-state index contributed by atoms with van der Waals surface area (Å²) < 4.78 is 5.33. The van der Waals surface area contributed by atoms with E-state index >= 15 is 0 Å². The van der Waals surface area contributed by atoms with Gasteiger partial charge >= 0.3 is 6.09 Å². The molecule has 2 amide bonds. The van der Waals surface area contributed by atoms with Crippen LogP contribution in [-0.4, -0.2) is 54.5 Å². The molecule has 2 N–H and O–H groups in total. The summed E-state index contributed by atoms with van der Waals surface area (Å²) in [5.74, 6) is 0.240. The summed E-state index contributed by atoms with van der Waals surface area (Å²) in [7, 11) is 1.74. The number of hydrogen-bond acceptors (Lipinski definition) is 4. The molecule has 1 fully saturated rings. The molecule has 1 aromatic carbocycles. The SMILES string of the molecule is C[C@H](N)C(=O)N1CCC[C@H](CN(C)C(=O)OCc2ccccc2)C1. The molecule has 0 saturated carbocycles. The largest absolute Gasteiger partial charge is 0.445 e. The maximum absolute atomic E-state index is 12.1. The predicted octanol–water partition coefficient (Wildman–Crippen LogP) is 1.84. The van der Waals surface area contributed by atoms with Gasteiger partial charge in [-0.2, -0.15) is 0 Å². The van der Waals surface area contributed by atoms with Crippen LogP contribution < -0.4 is 5.73 Å². The average molecular weight is 333 g/mol. The smallest absolute Gasteiger partial charge is 0.409 e. The summed E-state index contributed by atoms with van der Waals surface area (Å²) in [4.78, 5) is 27.5. The normalized spacial score (nSPS) is 18.8. The Morgan fingerprint density at radius 2 is 2.08 bits per heavy atom. The van der Waals surface area contributed by atoms with Gasteiger partial charge in [-0.3, -0.25) is 4.79 Å². The first kappa shape index (κ1) is 18.3. The fourth-order valence-corrected chi connectivity index (χ4v) is 2.99. The fraction of sp³-hybridized carbons (Fsp3) is 0.556. The van der Waals surface area contributed by atoms with Crippen LogP contribution in [-0.2, 0) is 16.1 Å². The van der Waals surface area contributed by atoms with Crippen LogP contribution in [0.3, 0.4) is 0 Å². The molecule has 2 atom stereocenters. The Morgan fingerprint density at radius 3 is 2.75 bits per heavy atom. The van der Waals surface area contributed by atoms with E-state index in [1.54, 1.807) is 18.9 Å². The van der Waals surface area contributed by atoms with Gasteiger partial charge in [-0.05, 0) is 31.2 Å². The monoisotopic (exact) mass is 333 g/mol. The number of nitrogens with zero attached hydrogens (tertiary/aromatic N) is 2. The van der Waals surface area contributed by atoms with E-state index in [2.05, 4.69) is 0 Å². The molecule has 0 bridgehead atoms. The molecule has 24 heavy (non-hydrogen) atoms. The second-order valence-electron chi connectivity index (χ2n) is 6.50. The highest BCUT2D eigenvalue weighted by Gasteiger charge is 2.27. The first-order chi connectivity index (χ1) is 11.5. The van der Waals surface area contributed by atoms with E-state index in [1.807, 2.05) is 35.2 Å². The van der Waals surface area contributed by atoms with Gasteiger partial charge in [-0.1, -0.05) is 30.3 Å². The molecule has 132 valence electrons. The van der Waals surface area contributed by atoms with Crippen molar-refractivity contribution in [2.75, 3.05) is 26.7 Å². The quantitative estimate of drug-likeness (QED) is 0.892. The van der Waals surface area contributed by atoms with Crippen molar-refractivity contribution in [3.63, 3.8) is 0 Å². The maximum Gasteiger partial charge on any atom is 0.409 e. The Labute approximate surface area is 143 Å². The van der Waals surface area contributed by atoms with Gasteiger partial charge in [0.25, 0.3) is 0 Å². The van der Waals surface area contributed by atoms with Gasteiger partial charge in [0.1, 0.15) is 6.61 Å². The number of likely N-dealkylation sites (tertiary alicyclic amines) is 1. The molecule has 0 aliphatic carbocycles. The third-order valence-electron chi connectivity index (χ3n) is 4.27. The number of nitrogens with two attached hydrogens (primary N) is 1. The standard InChI is InChI=1S/C18H27N3O3/c1-14(19)17(22)21-10-6-9-16(12-21)11-20(2)18(23)24-13-15-7-4-3-5-8-15/h3-5,7-8,14,16H,6,9-13,19H2,1-2H3/t14-,16+/m0/s1. The van der Waals surface area contributed by atoms with Gasteiger partial charge in [0.2, 0.25) is 5.91 Å². The Kier molecular flexibility index (Phi) is 6.61. The van der Waals surface area contributed by atoms with Crippen LogP contribution in [0.15, 0.2) is 30.3 Å². The van der Waals surface area contributed by atoms with Crippen LogP contribution >= 0.6 is 0 Å². The highest BCUT2D eigenvalue weighted by Crippen LogP contribution is 2.18. The number of carbonyl (C=O) groups is 2. The lowest BCUT2D eigenvalue weighted by molar-refractivity contribution is -0.134. The molecule has 6 heteroatoms. The molecular formula is C18H27N3O3. The molecule has 2 rings (SSSR count). The highest BCUT2D eigenvalue weighted by molar-refractivity contribution is 5.81. The minimum Gasteiger partial charge on any atom is -0.445 e. The molecule has 6 nitrogen and oxygen atoms in total. The van der Waals surface area contributed by atoms with Crippen molar-refractivity contribution >= 4 is 12.0 Å². The van der Waals surface area contributed by atoms with Gasteiger partial charge in [0.15, 0.2) is 0 Å². The van der Waals surface area contributed by atoms with E-state index < -0.39 is 6.04 Å². The van der Waals surface area contributed by atoms with Gasteiger partial charge in [-0.25, -0.2) is 4.79 Å². The number of hydrogen-bond donors (Lipinski definition) is 1. The Morgan fingerprint density at radius 1 is 1.38 bits per heavy atom. The van der Waals surface area contributed by atoms with Crippen LogP contribution in [0.5, 0.6) is 0 Å². The van der Waals surface area contributed by atoms with Crippen molar-refractivity contribution in [3.8, 4) is 0 Å². The number of benzene rings is 1. The number of ether oxygens (including phenoxy) is 1. The van der Waals surface area contributed by atoms with Crippen molar-refractivity contribution in [2.45, 2.75) is 32.4 Å². The Hall–Kier alpha value is -2.08. The lowest BCUT2D eigenvalue weighted by atomic mass is 9.97. The van der Waals surface area contributed by atoms with Gasteiger partial charge in [0, 0.05) is 26.7 Å². The van der Waals surface area contributed by atoms with Gasteiger partial charge in [-0.15, -0.1) is 0 Å². The summed E-state index contributed by atoms with van der Waals surface area (Å²) in [5, 5.41) is 0. The molecule has 0 unspecified atom stereocenters. The zero-order valence-electron chi connectivity index (χ0n) is 14.5. The molecular weight excluding hydrogens is 306 g/mol. The van der Waals surface area contributed by atoms with E-state index in [0.717, 1.165) is 24.9 Å². The van der Waals surface area contributed by atoms with Crippen LogP contribution in [0.4, 0.5) is 4.79 Å². The summed E-state index contributed by atoms with van der Waals surface area (Å²) >= 11 is 0. The minimum atomic E-state index is -0.475. The fourth-order valence-electron chi connectivity index (χ4n) is 2.99. The summed E-state index contributed by atoms with van der Waals surface area (Å²) in [6, 6.07) is 9.13. The third-order valence-corrected chi connectivity index (χ3v) is 4.27. The molecule has 1 aliphatic rings. The molecule has 1 saturated heterocycles. The Bertz CT molecular complexity index is 548. The van der Waals surface area contributed by atoms with Gasteiger partial charge in [0.05, 0.1) is 6.04 Å². The number of piperidine rings is 1. The first-order valence-electron chi connectivity index (χ1n) is 8.43. The number of amides is 2. The molecule has 1 aromatic rings. The van der Waals surface area contributed by atoms with Crippen LogP contribution in [0.1, 0.15) is 25.3 Å². The zero-order valence-corrected chi connectivity index (χ0v) is 14.5. The average Bonchev–Trinajstić information content (AvgIpc) is 2.60. The molecule has 0 radical (unpaired) electrons. The predicted molar refractivity (Wildman–Crippen MR) is 92.2 cm³/mol. The lowest BCUT2D eigenvalue weighted by Gasteiger charge is -2.35. The number of rotatable bonds is 5. The van der Waals surface area contributed by atoms with E-state index in [1.165, 1.54) is 0 Å². The van der Waals surface area contributed by atoms with E-state index in [0.29, 0.717) is 13.1 Å². The van der Waals surface area contributed by atoms with E-state index in [9.17, 15) is 9.59 Å². The van der Waals surface area contributed by atoms with Crippen molar-refractivity contribution in [2.24, 2.45) is 11.7 Å². The topological polar surface area (TPSA) is 75.9 Å². The van der Waals surface area contributed by atoms with Crippen LogP contribution in [0, 0.1) is 5.92 Å². The first-order valence-corrected chi connectivity index (χ1v) is 8.43.